The van der Waals surface area contributed by atoms with E-state index in [1.807, 2.05) is 6.92 Å². The molecule has 0 rings (SSSR count). The van der Waals surface area contributed by atoms with E-state index in [0.29, 0.717) is 0 Å². The van der Waals surface area contributed by atoms with E-state index in [0.717, 1.165) is 56.3 Å². The van der Waals surface area contributed by atoms with Gasteiger partial charge in [-0.15, -0.1) is 0 Å². The van der Waals surface area contributed by atoms with E-state index >= 15 is 0 Å². The molecule has 0 saturated carbocycles. The van der Waals surface area contributed by atoms with Crippen molar-refractivity contribution in [1.29, 1.82) is 0 Å². The standard InChI is InChI=1S/C27H58NO3/c1-3-5-6-7-8-9-10-11-12-13-14-15-16-17-21-28(22-18-25-29,23-19-26-30)24-20-27(31)4-2/h27,29-31H,3-26H2,1-2H3/q+1. The molecule has 0 saturated heterocycles. The number of hydrogen-bond donors (Lipinski definition) is 3. The molecular weight excluding hydrogens is 386 g/mol. The van der Waals surface area contributed by atoms with E-state index in [-0.39, 0.29) is 19.3 Å². The second kappa shape index (κ2) is 23.0. The van der Waals surface area contributed by atoms with E-state index in [1.165, 1.54) is 89.9 Å². The van der Waals surface area contributed by atoms with Gasteiger partial charge in [-0.2, -0.15) is 0 Å². The maximum atomic E-state index is 10.1. The summed E-state index contributed by atoms with van der Waals surface area (Å²) >= 11 is 0. The lowest BCUT2D eigenvalue weighted by molar-refractivity contribution is -0.929. The highest BCUT2D eigenvalue weighted by Crippen LogP contribution is 2.18. The maximum absolute atomic E-state index is 10.1. The van der Waals surface area contributed by atoms with Gasteiger partial charge in [0.05, 0.1) is 32.3 Å². The third kappa shape index (κ3) is 19.1. The molecule has 0 spiro atoms. The lowest BCUT2D eigenvalue weighted by Crippen LogP contribution is -2.52. The van der Waals surface area contributed by atoms with E-state index < -0.39 is 0 Å². The molecule has 0 bridgehead atoms. The Balaban J connectivity index is 3.98. The first-order chi connectivity index (χ1) is 15.1. The van der Waals surface area contributed by atoms with Gasteiger partial charge in [0.2, 0.25) is 0 Å². The minimum atomic E-state index is -0.225. The Morgan fingerprint density at radius 2 is 0.903 bits per heavy atom. The minimum absolute atomic E-state index is 0.225. The molecule has 0 radical (unpaired) electrons. The van der Waals surface area contributed by atoms with Gasteiger partial charge < -0.3 is 19.8 Å². The number of unbranched alkanes of at least 4 members (excludes halogenated alkanes) is 13. The van der Waals surface area contributed by atoms with Gasteiger partial charge in [-0.1, -0.05) is 90.9 Å². The van der Waals surface area contributed by atoms with Crippen LogP contribution in [-0.4, -0.2) is 65.3 Å². The van der Waals surface area contributed by atoms with Gasteiger partial charge >= 0.3 is 0 Å². The highest BCUT2D eigenvalue weighted by Gasteiger charge is 2.26. The minimum Gasteiger partial charge on any atom is -0.396 e. The molecule has 31 heavy (non-hydrogen) atoms. The molecule has 4 nitrogen and oxygen atoms in total. The summed E-state index contributed by atoms with van der Waals surface area (Å²) in [5.74, 6) is 0. The molecule has 0 amide bonds. The van der Waals surface area contributed by atoms with Crippen molar-refractivity contribution >= 4 is 0 Å². The van der Waals surface area contributed by atoms with E-state index in [4.69, 9.17) is 0 Å². The van der Waals surface area contributed by atoms with Crippen molar-refractivity contribution in [3.05, 3.63) is 0 Å². The summed E-state index contributed by atoms with van der Waals surface area (Å²) < 4.78 is 0.955. The van der Waals surface area contributed by atoms with Gasteiger partial charge in [-0.3, -0.25) is 0 Å². The zero-order valence-electron chi connectivity index (χ0n) is 21.3. The second-order valence-electron chi connectivity index (χ2n) is 9.84. The largest absolute Gasteiger partial charge is 0.396 e. The van der Waals surface area contributed by atoms with E-state index in [9.17, 15) is 15.3 Å². The average molecular weight is 445 g/mol. The van der Waals surface area contributed by atoms with Gasteiger partial charge in [0.1, 0.15) is 0 Å². The average Bonchev–Trinajstić information content (AvgIpc) is 2.79. The first-order valence-electron chi connectivity index (χ1n) is 13.9. The smallest absolute Gasteiger partial charge is 0.0811 e. The molecule has 0 aromatic rings. The molecule has 4 heteroatoms. The number of quaternary nitrogens is 1. The van der Waals surface area contributed by atoms with Crippen molar-refractivity contribution in [2.45, 2.75) is 136 Å². The third-order valence-corrected chi connectivity index (χ3v) is 6.98. The first kappa shape index (κ1) is 30.8. The summed E-state index contributed by atoms with van der Waals surface area (Å²) in [4.78, 5) is 0. The molecule has 0 aliphatic rings. The zero-order valence-corrected chi connectivity index (χ0v) is 21.3. The van der Waals surface area contributed by atoms with Gasteiger partial charge in [-0.25, -0.2) is 0 Å². The third-order valence-electron chi connectivity index (χ3n) is 6.98. The van der Waals surface area contributed by atoms with Crippen LogP contribution in [0.4, 0.5) is 0 Å². The molecule has 0 fully saturated rings. The summed E-state index contributed by atoms with van der Waals surface area (Å²) in [5, 5.41) is 28.8. The van der Waals surface area contributed by atoms with Gasteiger partial charge in [0.25, 0.3) is 0 Å². The van der Waals surface area contributed by atoms with Crippen LogP contribution in [0.25, 0.3) is 0 Å². The summed E-state index contributed by atoms with van der Waals surface area (Å²) in [7, 11) is 0. The number of aliphatic hydroxyl groups is 3. The Bertz CT molecular complexity index is 343. The fraction of sp³-hybridized carbons (Fsp3) is 1.00. The molecule has 0 aromatic heterocycles. The van der Waals surface area contributed by atoms with Crippen LogP contribution in [0.5, 0.6) is 0 Å². The number of hydrogen-bond acceptors (Lipinski definition) is 3. The highest BCUT2D eigenvalue weighted by molar-refractivity contribution is 4.56. The van der Waals surface area contributed by atoms with Crippen LogP contribution < -0.4 is 0 Å². The van der Waals surface area contributed by atoms with Crippen LogP contribution >= 0.6 is 0 Å². The van der Waals surface area contributed by atoms with Crippen molar-refractivity contribution in [2.24, 2.45) is 0 Å². The quantitative estimate of drug-likeness (QED) is 0.116. The molecule has 0 aliphatic heterocycles. The summed E-state index contributed by atoms with van der Waals surface area (Å²) in [5.41, 5.74) is 0. The molecule has 1 atom stereocenters. The molecule has 1 unspecified atom stereocenters. The summed E-state index contributed by atoms with van der Waals surface area (Å²) in [6.07, 6.45) is 22.3. The van der Waals surface area contributed by atoms with Crippen LogP contribution in [0.1, 0.15) is 129 Å². The summed E-state index contributed by atoms with van der Waals surface area (Å²) in [6, 6.07) is 0. The highest BCUT2D eigenvalue weighted by atomic mass is 16.3. The van der Waals surface area contributed by atoms with E-state index in [1.54, 1.807) is 0 Å². The Labute approximate surface area is 195 Å². The Morgan fingerprint density at radius 1 is 0.516 bits per heavy atom. The monoisotopic (exact) mass is 444 g/mol. The molecular formula is C27H58NO3+. The van der Waals surface area contributed by atoms with Crippen LogP contribution in [0.15, 0.2) is 0 Å². The van der Waals surface area contributed by atoms with Crippen LogP contribution in [0, 0.1) is 0 Å². The molecule has 3 N–H and O–H groups in total. The van der Waals surface area contributed by atoms with Gasteiger partial charge in [-0.05, 0) is 19.3 Å². The lowest BCUT2D eigenvalue weighted by Gasteiger charge is -2.39. The van der Waals surface area contributed by atoms with Crippen LogP contribution in [-0.2, 0) is 0 Å². The Morgan fingerprint density at radius 3 is 1.29 bits per heavy atom. The van der Waals surface area contributed by atoms with Crippen LogP contribution in [0.3, 0.4) is 0 Å². The van der Waals surface area contributed by atoms with Crippen molar-refractivity contribution in [3.8, 4) is 0 Å². The molecule has 0 heterocycles. The summed E-state index contributed by atoms with van der Waals surface area (Å²) in [6.45, 7) is 8.79. The van der Waals surface area contributed by atoms with Crippen molar-refractivity contribution in [2.75, 3.05) is 39.4 Å². The SMILES string of the molecule is CCCCCCCCCCCCCCCC[N+](CCCO)(CCCO)CCC(O)CC. The fourth-order valence-electron chi connectivity index (χ4n) is 4.75. The molecule has 0 aromatic carbocycles. The lowest BCUT2D eigenvalue weighted by atomic mass is 10.0. The number of nitrogens with zero attached hydrogens (tertiary/aromatic N) is 1. The Kier molecular flexibility index (Phi) is 22.9. The molecule has 188 valence electrons. The fourth-order valence-corrected chi connectivity index (χ4v) is 4.75. The number of rotatable bonds is 25. The zero-order chi connectivity index (χ0) is 23.0. The Hall–Kier alpha value is -0.160. The normalized spacial score (nSPS) is 13.1. The van der Waals surface area contributed by atoms with Gasteiger partial charge in [0.15, 0.2) is 0 Å². The van der Waals surface area contributed by atoms with E-state index in [2.05, 4.69) is 6.92 Å². The predicted molar refractivity (Wildman–Crippen MR) is 134 cm³/mol. The van der Waals surface area contributed by atoms with Crippen molar-refractivity contribution in [3.63, 3.8) is 0 Å². The topological polar surface area (TPSA) is 60.7 Å². The van der Waals surface area contributed by atoms with Crippen LogP contribution in [0.2, 0.25) is 0 Å². The first-order valence-corrected chi connectivity index (χ1v) is 13.9. The maximum Gasteiger partial charge on any atom is 0.0811 e. The number of aliphatic hydroxyl groups excluding tert-OH is 3. The molecule has 0 aliphatic carbocycles. The van der Waals surface area contributed by atoms with Crippen molar-refractivity contribution in [1.82, 2.24) is 0 Å². The predicted octanol–water partition coefficient (Wildman–Crippen LogP) is 6.21. The second-order valence-corrected chi connectivity index (χ2v) is 9.84. The van der Waals surface area contributed by atoms with Gasteiger partial charge in [0, 0.05) is 32.5 Å². The van der Waals surface area contributed by atoms with Crippen molar-refractivity contribution < 1.29 is 19.8 Å².